The Morgan fingerprint density at radius 2 is 1.36 bits per heavy atom. The number of hydrogen-bond acceptors (Lipinski definition) is 6. The Labute approximate surface area is 231 Å². The highest BCUT2D eigenvalue weighted by atomic mass is 16.6. The quantitative estimate of drug-likeness (QED) is 0.419. The average Bonchev–Trinajstić information content (AvgIpc) is 3.14. The number of hydrazine groups is 2. The Balaban J connectivity index is 1.65. The Morgan fingerprint density at radius 3 is 1.87 bits per heavy atom. The Morgan fingerprint density at radius 1 is 0.821 bits per heavy atom. The van der Waals surface area contributed by atoms with Gasteiger partial charge in [-0.1, -0.05) is 76.2 Å². The number of carbonyl (C=O) groups excluding carboxylic acids is 3. The molecular weight excluding hydrogens is 496 g/mol. The number of hydrogen-bond donors (Lipinski definition) is 2. The number of carbonyl (C=O) groups is 3. The van der Waals surface area contributed by atoms with Gasteiger partial charge < -0.3 is 9.47 Å². The molecule has 2 N–H and O–H groups in total. The van der Waals surface area contributed by atoms with E-state index in [2.05, 4.69) is 35.1 Å². The van der Waals surface area contributed by atoms with Crippen molar-refractivity contribution < 1.29 is 23.9 Å². The number of rotatable bonds is 9. The van der Waals surface area contributed by atoms with Crippen LogP contribution in [0.25, 0.3) is 11.1 Å². The molecule has 0 atom stereocenters. The molecule has 2 aromatic carbocycles. The zero-order valence-corrected chi connectivity index (χ0v) is 24.1. The minimum absolute atomic E-state index is 0.0835. The number of fused-ring (bicyclic) bond motifs is 3. The molecule has 3 amide bonds. The van der Waals surface area contributed by atoms with Crippen molar-refractivity contribution in [3.63, 3.8) is 0 Å². The first-order valence-electron chi connectivity index (χ1n) is 13.5. The molecule has 0 radical (unpaired) electrons. The first kappa shape index (κ1) is 30.0. The molecule has 0 aliphatic heterocycles. The number of benzene rings is 2. The highest BCUT2D eigenvalue weighted by Gasteiger charge is 2.30. The van der Waals surface area contributed by atoms with Gasteiger partial charge in [0, 0.05) is 19.0 Å². The van der Waals surface area contributed by atoms with Gasteiger partial charge in [0.15, 0.2) is 0 Å². The van der Waals surface area contributed by atoms with Gasteiger partial charge >= 0.3 is 12.2 Å². The largest absolute Gasteiger partial charge is 0.447 e. The number of amides is 3. The molecule has 0 saturated heterocycles. The fourth-order valence-electron chi connectivity index (χ4n) is 4.58. The van der Waals surface area contributed by atoms with Crippen molar-refractivity contribution in [1.29, 1.82) is 0 Å². The van der Waals surface area contributed by atoms with Gasteiger partial charge in [-0.15, -0.1) is 0 Å². The van der Waals surface area contributed by atoms with Crippen molar-refractivity contribution in [1.82, 2.24) is 20.9 Å². The standard InChI is InChI=1S/C30H42N4O5/c1-20(2)16-33(31-29(37)39-30(5,6)7)18-27(35)34(17-21(3)4)32-28(36)38-19-26-24-14-10-8-12-22(24)23-13-9-11-15-25(23)26/h8-15,20-21,26H,16-19H2,1-7H3,(H,31,37)(H,32,36). The van der Waals surface area contributed by atoms with Crippen LogP contribution in [0.1, 0.15) is 65.5 Å². The van der Waals surface area contributed by atoms with Gasteiger partial charge in [-0.3, -0.25) is 10.2 Å². The molecule has 0 unspecified atom stereocenters. The second-order valence-electron chi connectivity index (χ2n) is 11.7. The molecule has 0 aromatic heterocycles. The van der Waals surface area contributed by atoms with Crippen LogP contribution in [0, 0.1) is 11.8 Å². The van der Waals surface area contributed by atoms with Crippen LogP contribution in [0.3, 0.4) is 0 Å². The first-order valence-corrected chi connectivity index (χ1v) is 13.5. The van der Waals surface area contributed by atoms with Crippen molar-refractivity contribution in [3.05, 3.63) is 59.7 Å². The molecule has 0 heterocycles. The van der Waals surface area contributed by atoms with Crippen LogP contribution >= 0.6 is 0 Å². The number of ether oxygens (including phenoxy) is 2. The molecular formula is C30H42N4O5. The molecule has 9 heteroatoms. The Hall–Kier alpha value is -3.59. The minimum Gasteiger partial charge on any atom is -0.447 e. The smallest absolute Gasteiger partial charge is 0.426 e. The third-order valence-electron chi connectivity index (χ3n) is 5.98. The number of nitrogens with one attached hydrogen (secondary N) is 2. The van der Waals surface area contributed by atoms with Gasteiger partial charge in [-0.05, 0) is 54.9 Å². The summed E-state index contributed by atoms with van der Waals surface area (Å²) < 4.78 is 11.0. The van der Waals surface area contributed by atoms with Crippen LogP contribution in [0.5, 0.6) is 0 Å². The third-order valence-corrected chi connectivity index (χ3v) is 5.98. The molecule has 0 fully saturated rings. The lowest BCUT2D eigenvalue weighted by molar-refractivity contribution is -0.136. The SMILES string of the molecule is CC(C)CN(CC(=O)N(CC(C)C)NC(=O)OCC1c2ccccc2-c2ccccc21)NC(=O)OC(C)(C)C. The van der Waals surface area contributed by atoms with E-state index in [0.717, 1.165) is 22.3 Å². The van der Waals surface area contributed by atoms with E-state index in [4.69, 9.17) is 9.47 Å². The van der Waals surface area contributed by atoms with E-state index in [1.807, 2.05) is 52.0 Å². The Bertz CT molecular complexity index is 1110. The summed E-state index contributed by atoms with van der Waals surface area (Å²) in [6, 6.07) is 16.2. The summed E-state index contributed by atoms with van der Waals surface area (Å²) in [5.74, 6) is -0.215. The van der Waals surface area contributed by atoms with Crippen LogP contribution in [0.2, 0.25) is 0 Å². The van der Waals surface area contributed by atoms with Gasteiger partial charge in [-0.2, -0.15) is 0 Å². The van der Waals surface area contributed by atoms with E-state index >= 15 is 0 Å². The third kappa shape index (κ3) is 8.71. The maximum Gasteiger partial charge on any atom is 0.426 e. The molecule has 0 spiro atoms. The summed E-state index contributed by atoms with van der Waals surface area (Å²) in [6.45, 7) is 13.9. The zero-order chi connectivity index (χ0) is 28.7. The van der Waals surface area contributed by atoms with E-state index in [1.165, 1.54) is 10.0 Å². The molecule has 2 aromatic rings. The van der Waals surface area contributed by atoms with Crippen LogP contribution in [-0.4, -0.2) is 60.0 Å². The summed E-state index contributed by atoms with van der Waals surface area (Å²) in [6.07, 6.45) is -1.35. The maximum absolute atomic E-state index is 13.3. The first-order chi connectivity index (χ1) is 18.3. The second kappa shape index (κ2) is 13.0. The van der Waals surface area contributed by atoms with Crippen LogP contribution in [0.4, 0.5) is 9.59 Å². The fourth-order valence-corrected chi connectivity index (χ4v) is 4.58. The highest BCUT2D eigenvalue weighted by Crippen LogP contribution is 2.44. The monoisotopic (exact) mass is 538 g/mol. The summed E-state index contributed by atoms with van der Waals surface area (Å²) >= 11 is 0. The molecule has 39 heavy (non-hydrogen) atoms. The van der Waals surface area contributed by atoms with Crippen molar-refractivity contribution in [2.24, 2.45) is 11.8 Å². The normalized spacial score (nSPS) is 12.8. The topological polar surface area (TPSA) is 100 Å². The molecule has 0 saturated carbocycles. The summed E-state index contributed by atoms with van der Waals surface area (Å²) in [7, 11) is 0. The van der Waals surface area contributed by atoms with Gasteiger partial charge in [0.05, 0.1) is 6.54 Å². The van der Waals surface area contributed by atoms with E-state index in [1.54, 1.807) is 20.8 Å². The van der Waals surface area contributed by atoms with Gasteiger partial charge in [0.2, 0.25) is 0 Å². The van der Waals surface area contributed by atoms with Crippen molar-refractivity contribution in [3.8, 4) is 11.1 Å². The predicted octanol–water partition coefficient (Wildman–Crippen LogP) is 5.32. The molecule has 212 valence electrons. The van der Waals surface area contributed by atoms with Gasteiger partial charge in [0.1, 0.15) is 12.2 Å². The van der Waals surface area contributed by atoms with Gasteiger partial charge in [0.25, 0.3) is 5.91 Å². The van der Waals surface area contributed by atoms with E-state index in [0.29, 0.717) is 6.54 Å². The molecule has 1 aliphatic rings. The average molecular weight is 539 g/mol. The Kier molecular flexibility index (Phi) is 9.97. The second-order valence-corrected chi connectivity index (χ2v) is 11.7. The minimum atomic E-state index is -0.707. The predicted molar refractivity (Wildman–Crippen MR) is 151 cm³/mol. The zero-order valence-electron chi connectivity index (χ0n) is 24.1. The lowest BCUT2D eigenvalue weighted by Gasteiger charge is -2.30. The maximum atomic E-state index is 13.3. The molecule has 0 bridgehead atoms. The van der Waals surface area contributed by atoms with E-state index in [-0.39, 0.29) is 43.4 Å². The lowest BCUT2D eigenvalue weighted by Crippen LogP contribution is -2.55. The summed E-state index contributed by atoms with van der Waals surface area (Å²) in [5, 5.41) is 2.77. The van der Waals surface area contributed by atoms with Crippen molar-refractivity contribution in [2.75, 3.05) is 26.2 Å². The fraction of sp³-hybridized carbons (Fsp3) is 0.500. The van der Waals surface area contributed by atoms with Gasteiger partial charge in [-0.25, -0.2) is 25.0 Å². The summed E-state index contributed by atoms with van der Waals surface area (Å²) in [4.78, 5) is 38.5. The van der Waals surface area contributed by atoms with Crippen LogP contribution < -0.4 is 10.9 Å². The number of nitrogens with zero attached hydrogens (tertiary/aromatic N) is 2. The highest BCUT2D eigenvalue weighted by molar-refractivity contribution is 5.82. The van der Waals surface area contributed by atoms with Crippen molar-refractivity contribution in [2.45, 2.75) is 60.0 Å². The van der Waals surface area contributed by atoms with Crippen LogP contribution in [0.15, 0.2) is 48.5 Å². The van der Waals surface area contributed by atoms with E-state index < -0.39 is 17.8 Å². The molecule has 9 nitrogen and oxygen atoms in total. The summed E-state index contributed by atoms with van der Waals surface area (Å²) in [5.41, 5.74) is 9.11. The lowest BCUT2D eigenvalue weighted by atomic mass is 9.98. The molecule has 3 rings (SSSR count). The van der Waals surface area contributed by atoms with Crippen molar-refractivity contribution >= 4 is 18.1 Å². The van der Waals surface area contributed by atoms with Crippen LogP contribution in [-0.2, 0) is 14.3 Å². The molecule has 1 aliphatic carbocycles. The van der Waals surface area contributed by atoms with E-state index in [9.17, 15) is 14.4 Å².